The Hall–Kier alpha value is -1.02. The van der Waals surface area contributed by atoms with Crippen molar-refractivity contribution in [3.63, 3.8) is 0 Å². The highest BCUT2D eigenvalue weighted by Gasteiger charge is 2.36. The number of nitrogens with zero attached hydrogens (tertiary/aromatic N) is 1. The molecule has 0 spiro atoms. The number of likely N-dealkylation sites (tertiary alicyclic amines) is 1. The van der Waals surface area contributed by atoms with E-state index in [1.807, 2.05) is 12.1 Å². The highest BCUT2D eigenvalue weighted by Crippen LogP contribution is 2.35. The van der Waals surface area contributed by atoms with Crippen molar-refractivity contribution in [1.29, 1.82) is 0 Å². The number of nitrogen functional groups attached to an aromatic ring is 1. The normalized spacial score (nSPS) is 22.1. The molecule has 1 aromatic carbocycles. The molecule has 0 radical (unpaired) electrons. The maximum atomic E-state index is 5.68. The molecule has 2 nitrogen and oxygen atoms in total. The van der Waals surface area contributed by atoms with Gasteiger partial charge in [0.2, 0.25) is 0 Å². The number of hydrogen-bond acceptors (Lipinski definition) is 2. The predicted octanol–water partition coefficient (Wildman–Crippen LogP) is 2.67. The van der Waals surface area contributed by atoms with Crippen LogP contribution in [0.5, 0.6) is 0 Å². The molecule has 0 bridgehead atoms. The topological polar surface area (TPSA) is 29.3 Å². The highest BCUT2D eigenvalue weighted by atomic mass is 15.2. The molecule has 1 fully saturated rings. The van der Waals surface area contributed by atoms with Crippen LogP contribution in [0.4, 0.5) is 5.69 Å². The molecule has 1 heterocycles. The van der Waals surface area contributed by atoms with Crippen molar-refractivity contribution in [2.24, 2.45) is 5.41 Å². The van der Waals surface area contributed by atoms with Crippen LogP contribution in [-0.2, 0) is 0 Å². The lowest BCUT2D eigenvalue weighted by atomic mass is 9.82. The number of hydrogen-bond donors (Lipinski definition) is 1. The summed E-state index contributed by atoms with van der Waals surface area (Å²) in [4.78, 5) is 2.51. The lowest BCUT2D eigenvalue weighted by molar-refractivity contribution is -0.000960. The van der Waals surface area contributed by atoms with E-state index in [0.29, 0.717) is 11.5 Å². The van der Waals surface area contributed by atoms with Crippen LogP contribution in [0.15, 0.2) is 24.3 Å². The van der Waals surface area contributed by atoms with E-state index in [-0.39, 0.29) is 0 Å². The molecule has 1 aliphatic rings. The molecule has 2 N–H and O–H groups in total. The second-order valence-corrected chi connectivity index (χ2v) is 5.41. The smallest absolute Gasteiger partial charge is 0.0320 e. The number of benzene rings is 1. The lowest BCUT2D eigenvalue weighted by Crippen LogP contribution is -2.53. The summed E-state index contributed by atoms with van der Waals surface area (Å²) in [6.45, 7) is 9.29. The molecule has 1 aliphatic heterocycles. The summed E-state index contributed by atoms with van der Waals surface area (Å²) in [5.41, 5.74) is 8.38. The monoisotopic (exact) mass is 204 g/mol. The van der Waals surface area contributed by atoms with E-state index in [0.717, 1.165) is 5.69 Å². The van der Waals surface area contributed by atoms with E-state index < -0.39 is 0 Å². The molecular weight excluding hydrogens is 184 g/mol. The zero-order chi connectivity index (χ0) is 11.1. The predicted molar refractivity (Wildman–Crippen MR) is 64.6 cm³/mol. The zero-order valence-electron chi connectivity index (χ0n) is 9.83. The van der Waals surface area contributed by atoms with Crippen LogP contribution in [0.2, 0.25) is 0 Å². The minimum absolute atomic E-state index is 0.502. The standard InChI is InChI=1S/C13H20N2/c1-10(15-8-13(2,3)9-15)11-4-6-12(14)7-5-11/h4-7,10H,8-9,14H2,1-3H3. The summed E-state index contributed by atoms with van der Waals surface area (Å²) in [6.07, 6.45) is 0. The van der Waals surface area contributed by atoms with Gasteiger partial charge in [-0.15, -0.1) is 0 Å². The molecule has 2 heteroatoms. The van der Waals surface area contributed by atoms with Crippen molar-refractivity contribution in [1.82, 2.24) is 4.90 Å². The summed E-state index contributed by atoms with van der Waals surface area (Å²) < 4.78 is 0. The van der Waals surface area contributed by atoms with Crippen LogP contribution in [-0.4, -0.2) is 18.0 Å². The molecule has 15 heavy (non-hydrogen) atoms. The van der Waals surface area contributed by atoms with Crippen LogP contribution in [0.1, 0.15) is 32.4 Å². The fourth-order valence-corrected chi connectivity index (χ4v) is 2.31. The Balaban J connectivity index is 2.03. The SMILES string of the molecule is CC(c1ccc(N)cc1)N1CC(C)(C)C1. The van der Waals surface area contributed by atoms with Gasteiger partial charge in [0.25, 0.3) is 0 Å². The van der Waals surface area contributed by atoms with Gasteiger partial charge in [-0.1, -0.05) is 26.0 Å². The molecule has 1 atom stereocenters. The van der Waals surface area contributed by atoms with Crippen molar-refractivity contribution in [3.05, 3.63) is 29.8 Å². The van der Waals surface area contributed by atoms with Crippen molar-refractivity contribution in [2.45, 2.75) is 26.8 Å². The van der Waals surface area contributed by atoms with Crippen molar-refractivity contribution in [2.75, 3.05) is 18.8 Å². The Morgan fingerprint density at radius 2 is 1.73 bits per heavy atom. The molecule has 0 amide bonds. The van der Waals surface area contributed by atoms with E-state index in [1.54, 1.807) is 0 Å². The van der Waals surface area contributed by atoms with Gasteiger partial charge in [-0.05, 0) is 30.0 Å². The second-order valence-electron chi connectivity index (χ2n) is 5.41. The van der Waals surface area contributed by atoms with Gasteiger partial charge in [0, 0.05) is 24.8 Å². The lowest BCUT2D eigenvalue weighted by Gasteiger charge is -2.49. The molecule has 0 aliphatic carbocycles. The van der Waals surface area contributed by atoms with Crippen LogP contribution in [0.25, 0.3) is 0 Å². The summed E-state index contributed by atoms with van der Waals surface area (Å²) in [5, 5.41) is 0. The van der Waals surface area contributed by atoms with E-state index in [1.165, 1.54) is 18.7 Å². The third-order valence-corrected chi connectivity index (χ3v) is 3.23. The summed E-state index contributed by atoms with van der Waals surface area (Å²) in [5.74, 6) is 0. The molecule has 1 saturated heterocycles. The Bertz CT molecular complexity index is 332. The van der Waals surface area contributed by atoms with E-state index in [4.69, 9.17) is 5.73 Å². The van der Waals surface area contributed by atoms with E-state index in [2.05, 4.69) is 37.8 Å². The fourth-order valence-electron chi connectivity index (χ4n) is 2.31. The quantitative estimate of drug-likeness (QED) is 0.750. The van der Waals surface area contributed by atoms with Crippen molar-refractivity contribution < 1.29 is 0 Å². The van der Waals surface area contributed by atoms with E-state index in [9.17, 15) is 0 Å². The van der Waals surface area contributed by atoms with Gasteiger partial charge in [-0.3, -0.25) is 4.90 Å². The molecule has 2 rings (SSSR count). The van der Waals surface area contributed by atoms with Gasteiger partial charge in [-0.2, -0.15) is 0 Å². The number of anilines is 1. The zero-order valence-corrected chi connectivity index (χ0v) is 9.83. The minimum Gasteiger partial charge on any atom is -0.399 e. The second kappa shape index (κ2) is 3.53. The highest BCUT2D eigenvalue weighted by molar-refractivity contribution is 5.40. The molecule has 1 aromatic rings. The Kier molecular flexibility index (Phi) is 2.47. The molecule has 0 aromatic heterocycles. The van der Waals surface area contributed by atoms with Gasteiger partial charge in [-0.25, -0.2) is 0 Å². The van der Waals surface area contributed by atoms with Crippen LogP contribution < -0.4 is 5.73 Å². The van der Waals surface area contributed by atoms with Gasteiger partial charge in [0.1, 0.15) is 0 Å². The number of rotatable bonds is 2. The Labute approximate surface area is 92.1 Å². The molecule has 82 valence electrons. The van der Waals surface area contributed by atoms with Gasteiger partial charge < -0.3 is 5.73 Å². The average molecular weight is 204 g/mol. The maximum Gasteiger partial charge on any atom is 0.0320 e. The van der Waals surface area contributed by atoms with Crippen LogP contribution >= 0.6 is 0 Å². The summed E-state index contributed by atoms with van der Waals surface area (Å²) >= 11 is 0. The minimum atomic E-state index is 0.502. The first kappa shape index (κ1) is 10.5. The van der Waals surface area contributed by atoms with Crippen LogP contribution in [0, 0.1) is 5.41 Å². The van der Waals surface area contributed by atoms with Crippen molar-refractivity contribution >= 4 is 5.69 Å². The average Bonchev–Trinajstić information content (AvgIpc) is 2.14. The third kappa shape index (κ3) is 2.15. The van der Waals surface area contributed by atoms with Gasteiger partial charge in [0.15, 0.2) is 0 Å². The van der Waals surface area contributed by atoms with Crippen LogP contribution in [0.3, 0.4) is 0 Å². The first-order chi connectivity index (χ1) is 6.98. The van der Waals surface area contributed by atoms with Gasteiger partial charge in [0.05, 0.1) is 0 Å². The van der Waals surface area contributed by atoms with Crippen molar-refractivity contribution in [3.8, 4) is 0 Å². The fraction of sp³-hybridized carbons (Fsp3) is 0.538. The largest absolute Gasteiger partial charge is 0.399 e. The Morgan fingerprint density at radius 1 is 1.20 bits per heavy atom. The summed E-state index contributed by atoms with van der Waals surface area (Å²) in [7, 11) is 0. The van der Waals surface area contributed by atoms with E-state index >= 15 is 0 Å². The Morgan fingerprint density at radius 3 is 2.20 bits per heavy atom. The number of nitrogens with two attached hydrogens (primary N) is 1. The van der Waals surface area contributed by atoms with Gasteiger partial charge >= 0.3 is 0 Å². The first-order valence-corrected chi connectivity index (χ1v) is 5.57. The maximum absolute atomic E-state index is 5.68. The third-order valence-electron chi connectivity index (χ3n) is 3.23. The molecular formula is C13H20N2. The molecule has 0 saturated carbocycles. The first-order valence-electron chi connectivity index (χ1n) is 5.57. The molecule has 1 unspecified atom stereocenters. The summed E-state index contributed by atoms with van der Waals surface area (Å²) in [6, 6.07) is 8.74.